The lowest BCUT2D eigenvalue weighted by Gasteiger charge is -2.39. The number of unbranched alkanes of at least 4 members (excludes halogenated alkanes) is 1. The largest absolute Gasteiger partial charge is 0.494 e. The predicted molar refractivity (Wildman–Crippen MR) is 106 cm³/mol. The average Bonchev–Trinajstić information content (AvgIpc) is 2.56. The molecule has 0 radical (unpaired) electrons. The summed E-state index contributed by atoms with van der Waals surface area (Å²) in [6.45, 7) is 9.67. The highest BCUT2D eigenvalue weighted by molar-refractivity contribution is 5.77. The summed E-state index contributed by atoms with van der Waals surface area (Å²) in [5, 5.41) is 2.83. The number of amides is 2. The van der Waals surface area contributed by atoms with Crippen molar-refractivity contribution in [3.05, 3.63) is 29.8 Å². The molecule has 0 saturated carbocycles. The number of nitrogens with zero attached hydrogens (tertiary/aromatic N) is 1. The standard InChI is InChI=1S/C21H32N2O5/c1-16-7-9-17(10-8-16)26-12-6-5-11-22-19(24)15-27-18-13-23(14-18)20(25)28-21(2,3)4/h7-10,18H,5-6,11-15H2,1-4H3,(H,22,24). The van der Waals surface area contributed by atoms with Gasteiger partial charge in [0.2, 0.25) is 5.91 Å². The van der Waals surface area contributed by atoms with Crippen LogP contribution in [0.2, 0.25) is 0 Å². The van der Waals surface area contributed by atoms with Gasteiger partial charge in [-0.05, 0) is 52.7 Å². The monoisotopic (exact) mass is 392 g/mol. The summed E-state index contributed by atoms with van der Waals surface area (Å²) in [4.78, 5) is 25.2. The highest BCUT2D eigenvalue weighted by Gasteiger charge is 2.34. The number of aryl methyl sites for hydroxylation is 1. The molecule has 2 rings (SSSR count). The van der Waals surface area contributed by atoms with Crippen LogP contribution in [0.3, 0.4) is 0 Å². The number of ether oxygens (including phenoxy) is 3. The van der Waals surface area contributed by atoms with Crippen LogP contribution in [0.25, 0.3) is 0 Å². The van der Waals surface area contributed by atoms with Gasteiger partial charge in [-0.3, -0.25) is 4.79 Å². The van der Waals surface area contributed by atoms with Crippen molar-refractivity contribution in [1.82, 2.24) is 10.2 Å². The van der Waals surface area contributed by atoms with E-state index in [-0.39, 0.29) is 24.7 Å². The van der Waals surface area contributed by atoms with Gasteiger partial charge in [0.25, 0.3) is 0 Å². The molecule has 7 nitrogen and oxygen atoms in total. The third-order valence-corrected chi connectivity index (χ3v) is 4.13. The number of likely N-dealkylation sites (tertiary alicyclic amines) is 1. The van der Waals surface area contributed by atoms with E-state index in [1.54, 1.807) is 4.90 Å². The molecule has 1 saturated heterocycles. The number of hydrogen-bond acceptors (Lipinski definition) is 5. The lowest BCUT2D eigenvalue weighted by atomic mass is 10.2. The third-order valence-electron chi connectivity index (χ3n) is 4.13. The highest BCUT2D eigenvalue weighted by atomic mass is 16.6. The van der Waals surface area contributed by atoms with Crippen molar-refractivity contribution in [3.63, 3.8) is 0 Å². The van der Waals surface area contributed by atoms with Gasteiger partial charge in [-0.25, -0.2) is 4.79 Å². The van der Waals surface area contributed by atoms with E-state index in [2.05, 4.69) is 5.32 Å². The quantitative estimate of drug-likeness (QED) is 0.654. The smallest absolute Gasteiger partial charge is 0.410 e. The van der Waals surface area contributed by atoms with Crippen LogP contribution in [0, 0.1) is 6.92 Å². The van der Waals surface area contributed by atoms with Gasteiger partial charge in [0.15, 0.2) is 0 Å². The Bertz CT molecular complexity index is 633. The van der Waals surface area contributed by atoms with Gasteiger partial charge in [-0.15, -0.1) is 0 Å². The van der Waals surface area contributed by atoms with Crippen molar-refractivity contribution in [1.29, 1.82) is 0 Å². The van der Waals surface area contributed by atoms with E-state index in [0.29, 0.717) is 26.2 Å². The Balaban J connectivity index is 1.45. The van der Waals surface area contributed by atoms with Crippen LogP contribution >= 0.6 is 0 Å². The second kappa shape index (κ2) is 10.3. The average molecular weight is 392 g/mol. The molecule has 7 heteroatoms. The number of nitrogens with one attached hydrogen (secondary N) is 1. The number of carbonyl (C=O) groups excluding carboxylic acids is 2. The molecule has 0 aromatic heterocycles. The Morgan fingerprint density at radius 2 is 1.82 bits per heavy atom. The van der Waals surface area contributed by atoms with Crippen molar-refractivity contribution in [2.24, 2.45) is 0 Å². The first-order valence-corrected chi connectivity index (χ1v) is 9.78. The summed E-state index contributed by atoms with van der Waals surface area (Å²) in [6, 6.07) is 7.95. The minimum absolute atomic E-state index is 0.00664. The molecule has 0 spiro atoms. The van der Waals surface area contributed by atoms with Crippen LogP contribution in [0.4, 0.5) is 4.79 Å². The van der Waals surface area contributed by atoms with Crippen LogP contribution in [-0.4, -0.2) is 61.5 Å². The fourth-order valence-electron chi connectivity index (χ4n) is 2.54. The van der Waals surface area contributed by atoms with Gasteiger partial charge in [0.1, 0.15) is 18.0 Å². The summed E-state index contributed by atoms with van der Waals surface area (Å²) in [6.07, 6.45) is 1.25. The Hall–Kier alpha value is -2.28. The molecule has 0 unspecified atom stereocenters. The summed E-state index contributed by atoms with van der Waals surface area (Å²) in [5.41, 5.74) is 0.699. The van der Waals surface area contributed by atoms with Gasteiger partial charge >= 0.3 is 6.09 Å². The first kappa shape index (κ1) is 22.0. The molecule has 1 N–H and O–H groups in total. The van der Waals surface area contributed by atoms with Crippen molar-refractivity contribution in [2.75, 3.05) is 32.8 Å². The van der Waals surface area contributed by atoms with E-state index in [0.717, 1.165) is 18.6 Å². The molecule has 1 heterocycles. The fourth-order valence-corrected chi connectivity index (χ4v) is 2.54. The first-order valence-electron chi connectivity index (χ1n) is 9.78. The molecule has 0 aliphatic carbocycles. The maximum Gasteiger partial charge on any atom is 0.410 e. The van der Waals surface area contributed by atoms with Gasteiger partial charge < -0.3 is 24.4 Å². The number of benzene rings is 1. The van der Waals surface area contributed by atoms with E-state index in [9.17, 15) is 9.59 Å². The Labute approximate surface area is 167 Å². The third kappa shape index (κ3) is 8.17. The Morgan fingerprint density at radius 1 is 1.14 bits per heavy atom. The van der Waals surface area contributed by atoms with Crippen molar-refractivity contribution >= 4 is 12.0 Å². The molecular formula is C21H32N2O5. The maximum atomic E-state index is 11.8. The molecule has 28 heavy (non-hydrogen) atoms. The number of hydrogen-bond donors (Lipinski definition) is 1. The van der Waals surface area contributed by atoms with Crippen molar-refractivity contribution in [3.8, 4) is 5.75 Å². The molecule has 0 atom stereocenters. The zero-order valence-electron chi connectivity index (χ0n) is 17.3. The molecule has 1 aliphatic heterocycles. The summed E-state index contributed by atoms with van der Waals surface area (Å²) < 4.78 is 16.4. The normalized spacial score (nSPS) is 14.4. The summed E-state index contributed by atoms with van der Waals surface area (Å²) in [5.74, 6) is 0.721. The van der Waals surface area contributed by atoms with Crippen LogP contribution in [0.15, 0.2) is 24.3 Å². The summed E-state index contributed by atoms with van der Waals surface area (Å²) in [7, 11) is 0. The number of rotatable bonds is 9. The van der Waals surface area contributed by atoms with Crippen molar-refractivity contribution in [2.45, 2.75) is 52.2 Å². The summed E-state index contributed by atoms with van der Waals surface area (Å²) >= 11 is 0. The van der Waals surface area contributed by atoms with Crippen LogP contribution in [0.1, 0.15) is 39.2 Å². The van der Waals surface area contributed by atoms with Crippen LogP contribution < -0.4 is 10.1 Å². The SMILES string of the molecule is Cc1ccc(OCCCCNC(=O)COC2CN(C(=O)OC(C)(C)C)C2)cc1. The molecule has 1 fully saturated rings. The first-order chi connectivity index (χ1) is 13.2. The van der Waals surface area contributed by atoms with Crippen LogP contribution in [-0.2, 0) is 14.3 Å². The zero-order valence-corrected chi connectivity index (χ0v) is 17.3. The lowest BCUT2D eigenvalue weighted by Crippen LogP contribution is -2.56. The second-order valence-corrected chi connectivity index (χ2v) is 8.04. The molecular weight excluding hydrogens is 360 g/mol. The van der Waals surface area contributed by atoms with E-state index in [1.807, 2.05) is 52.0 Å². The van der Waals surface area contributed by atoms with Gasteiger partial charge in [-0.2, -0.15) is 0 Å². The molecule has 1 aromatic carbocycles. The Kier molecular flexibility index (Phi) is 8.11. The predicted octanol–water partition coefficient (Wildman–Crippen LogP) is 2.91. The van der Waals surface area contributed by atoms with Crippen molar-refractivity contribution < 1.29 is 23.8 Å². The topological polar surface area (TPSA) is 77.1 Å². The minimum atomic E-state index is -0.506. The number of carbonyl (C=O) groups is 2. The van der Waals surface area contributed by atoms with Gasteiger partial charge in [0.05, 0.1) is 25.8 Å². The highest BCUT2D eigenvalue weighted by Crippen LogP contribution is 2.17. The maximum absolute atomic E-state index is 11.8. The molecule has 1 aromatic rings. The Morgan fingerprint density at radius 3 is 2.46 bits per heavy atom. The van der Waals surface area contributed by atoms with E-state index < -0.39 is 5.60 Å². The lowest BCUT2D eigenvalue weighted by molar-refractivity contribution is -0.131. The molecule has 0 bridgehead atoms. The second-order valence-electron chi connectivity index (χ2n) is 8.04. The van der Waals surface area contributed by atoms with Gasteiger partial charge in [-0.1, -0.05) is 17.7 Å². The van der Waals surface area contributed by atoms with E-state index in [4.69, 9.17) is 14.2 Å². The fraction of sp³-hybridized carbons (Fsp3) is 0.619. The molecule has 2 amide bonds. The van der Waals surface area contributed by atoms with E-state index in [1.165, 1.54) is 5.56 Å². The minimum Gasteiger partial charge on any atom is -0.494 e. The van der Waals surface area contributed by atoms with Crippen LogP contribution in [0.5, 0.6) is 5.75 Å². The molecule has 156 valence electrons. The molecule has 1 aliphatic rings. The zero-order chi connectivity index (χ0) is 20.6. The van der Waals surface area contributed by atoms with Gasteiger partial charge in [0, 0.05) is 6.54 Å². The van der Waals surface area contributed by atoms with E-state index >= 15 is 0 Å².